The smallest absolute Gasteiger partial charge is 0.322 e. The van der Waals surface area contributed by atoms with E-state index in [1.54, 1.807) is 12.4 Å². The maximum atomic E-state index is 13.0. The molecule has 1 N–H and O–H groups in total. The van der Waals surface area contributed by atoms with Gasteiger partial charge in [-0.15, -0.1) is 0 Å². The van der Waals surface area contributed by atoms with Crippen LogP contribution >= 0.6 is 0 Å². The van der Waals surface area contributed by atoms with E-state index < -0.39 is 0 Å². The number of fused-ring (bicyclic) bond motifs is 1. The van der Waals surface area contributed by atoms with E-state index in [9.17, 15) is 4.79 Å². The number of urea groups is 1. The molecular weight excluding hydrogens is 410 g/mol. The third-order valence-corrected chi connectivity index (χ3v) is 7.40. The minimum absolute atomic E-state index is 0.00911. The van der Waals surface area contributed by atoms with E-state index >= 15 is 0 Å². The molecule has 33 heavy (non-hydrogen) atoms. The number of carbonyl (C=O) groups excluding carboxylic acids is 1. The second kappa shape index (κ2) is 8.94. The van der Waals surface area contributed by atoms with Gasteiger partial charge in [-0.25, -0.2) is 14.8 Å². The largest absolute Gasteiger partial charge is 0.333 e. The second-order valence-corrected chi connectivity index (χ2v) is 9.35. The molecule has 2 aliphatic rings. The van der Waals surface area contributed by atoms with Gasteiger partial charge in [0, 0.05) is 11.1 Å². The van der Waals surface area contributed by atoms with Gasteiger partial charge in [0.2, 0.25) is 0 Å². The summed E-state index contributed by atoms with van der Waals surface area (Å²) in [5.74, 6) is 0.673. The van der Waals surface area contributed by atoms with Gasteiger partial charge in [-0.2, -0.15) is 0 Å². The molecule has 1 aliphatic heterocycles. The first kappa shape index (κ1) is 21.6. The van der Waals surface area contributed by atoms with E-state index in [0.29, 0.717) is 5.82 Å². The van der Waals surface area contributed by atoms with Crippen molar-refractivity contribution in [1.29, 1.82) is 0 Å². The summed E-state index contributed by atoms with van der Waals surface area (Å²) in [5.41, 5.74) is 3.09. The van der Waals surface area contributed by atoms with Gasteiger partial charge in [0.15, 0.2) is 5.82 Å². The normalized spacial score (nSPS) is 25.3. The molecule has 0 spiro atoms. The van der Waals surface area contributed by atoms with Crippen LogP contribution in [-0.2, 0) is 5.54 Å². The summed E-state index contributed by atoms with van der Waals surface area (Å²) in [6, 6.07) is 20.9. The molecule has 0 radical (unpaired) electrons. The lowest BCUT2D eigenvalue weighted by Crippen LogP contribution is -2.46. The highest BCUT2D eigenvalue weighted by Gasteiger charge is 2.44. The van der Waals surface area contributed by atoms with Crippen LogP contribution in [0.5, 0.6) is 0 Å². The Morgan fingerprint density at radius 2 is 1.61 bits per heavy atom. The highest BCUT2D eigenvalue weighted by atomic mass is 16.2. The first-order chi connectivity index (χ1) is 16.1. The number of carbonyl (C=O) groups is 1. The van der Waals surface area contributed by atoms with Crippen molar-refractivity contribution in [2.45, 2.75) is 49.7 Å². The first-order valence-electron chi connectivity index (χ1n) is 11.8. The van der Waals surface area contributed by atoms with Gasteiger partial charge in [-0.05, 0) is 51.8 Å². The molecule has 5 rings (SSSR count). The molecule has 1 aromatic heterocycles. The fraction of sp³-hybridized carbons (Fsp3) is 0.370. The number of nitrogens with one attached hydrogen (secondary N) is 1. The molecule has 2 fully saturated rings. The Bertz CT molecular complexity index is 1090. The quantitative estimate of drug-likeness (QED) is 0.630. The maximum absolute atomic E-state index is 13.0. The molecule has 1 aliphatic carbocycles. The summed E-state index contributed by atoms with van der Waals surface area (Å²) in [7, 11) is 4.36. The lowest BCUT2D eigenvalue weighted by Gasteiger charge is -2.44. The monoisotopic (exact) mass is 441 g/mol. The van der Waals surface area contributed by atoms with Gasteiger partial charge in [0.25, 0.3) is 0 Å². The van der Waals surface area contributed by atoms with E-state index in [0.717, 1.165) is 43.4 Å². The Hall–Kier alpha value is -3.25. The van der Waals surface area contributed by atoms with E-state index in [-0.39, 0.29) is 23.7 Å². The predicted molar refractivity (Wildman–Crippen MR) is 131 cm³/mol. The van der Waals surface area contributed by atoms with E-state index in [1.165, 1.54) is 5.56 Å². The zero-order valence-electron chi connectivity index (χ0n) is 19.3. The summed E-state index contributed by atoms with van der Waals surface area (Å²) in [6.45, 7) is 0. The summed E-state index contributed by atoms with van der Waals surface area (Å²) in [4.78, 5) is 26.4. The Morgan fingerprint density at radius 1 is 0.939 bits per heavy atom. The highest BCUT2D eigenvalue weighted by Crippen LogP contribution is 2.41. The van der Waals surface area contributed by atoms with E-state index in [2.05, 4.69) is 64.6 Å². The fourth-order valence-electron chi connectivity index (χ4n) is 5.61. The lowest BCUT2D eigenvalue weighted by atomic mass is 9.75. The van der Waals surface area contributed by atoms with Crippen molar-refractivity contribution in [3.05, 3.63) is 78.6 Å². The SMILES string of the molecule is CN(C)[C@]1(c2ccccc2)CCCC2[C@H](CC1)NC(=O)N2c1cnc(-c2ccccc2)nc1. The summed E-state index contributed by atoms with van der Waals surface area (Å²) in [6.07, 6.45) is 8.56. The first-order valence-corrected chi connectivity index (χ1v) is 11.8. The number of amides is 2. The molecule has 3 aromatic rings. The van der Waals surface area contributed by atoms with Crippen molar-refractivity contribution in [3.63, 3.8) is 0 Å². The third-order valence-electron chi connectivity index (χ3n) is 7.40. The number of benzene rings is 2. The molecule has 6 heteroatoms. The Kier molecular flexibility index (Phi) is 5.85. The van der Waals surface area contributed by atoms with Crippen LogP contribution in [0.1, 0.15) is 37.7 Å². The molecule has 1 saturated heterocycles. The van der Waals surface area contributed by atoms with Crippen LogP contribution in [0.2, 0.25) is 0 Å². The van der Waals surface area contributed by atoms with Crippen LogP contribution in [0.15, 0.2) is 73.1 Å². The number of nitrogens with zero attached hydrogens (tertiary/aromatic N) is 4. The van der Waals surface area contributed by atoms with Crippen molar-refractivity contribution in [3.8, 4) is 11.4 Å². The van der Waals surface area contributed by atoms with Crippen LogP contribution in [0.3, 0.4) is 0 Å². The highest BCUT2D eigenvalue weighted by molar-refractivity contribution is 5.95. The second-order valence-electron chi connectivity index (χ2n) is 9.35. The van der Waals surface area contributed by atoms with Gasteiger partial charge in [-0.3, -0.25) is 9.80 Å². The Morgan fingerprint density at radius 3 is 2.27 bits per heavy atom. The summed E-state index contributed by atoms with van der Waals surface area (Å²) >= 11 is 0. The molecule has 2 heterocycles. The summed E-state index contributed by atoms with van der Waals surface area (Å²) < 4.78 is 0. The summed E-state index contributed by atoms with van der Waals surface area (Å²) in [5, 5.41) is 3.26. The Balaban J connectivity index is 1.37. The molecule has 170 valence electrons. The molecule has 6 nitrogen and oxygen atoms in total. The van der Waals surface area contributed by atoms with Crippen molar-refractivity contribution in [1.82, 2.24) is 20.2 Å². The van der Waals surface area contributed by atoms with E-state index in [1.807, 2.05) is 35.2 Å². The lowest BCUT2D eigenvalue weighted by molar-refractivity contribution is 0.106. The number of rotatable bonds is 4. The van der Waals surface area contributed by atoms with Gasteiger partial charge in [-0.1, -0.05) is 60.7 Å². The topological polar surface area (TPSA) is 61.4 Å². The van der Waals surface area contributed by atoms with Gasteiger partial charge < -0.3 is 5.32 Å². The van der Waals surface area contributed by atoms with E-state index in [4.69, 9.17) is 0 Å². The van der Waals surface area contributed by atoms with Crippen LogP contribution in [-0.4, -0.2) is 47.1 Å². The van der Waals surface area contributed by atoms with Crippen LogP contribution in [0.4, 0.5) is 10.5 Å². The number of aromatic nitrogens is 2. The molecule has 2 amide bonds. The molecular formula is C27H31N5O. The van der Waals surface area contributed by atoms with Crippen molar-refractivity contribution in [2.24, 2.45) is 0 Å². The standard InChI is InChI=1S/C27H31N5O/c1-31(2)27(21-12-7-4-8-13-21)16-9-14-24-23(15-17-27)30-26(33)32(24)22-18-28-25(29-19-22)20-10-5-3-6-11-20/h3-8,10-13,18-19,23-24H,9,14-17H2,1-2H3,(H,30,33)/t23-,24?,27+/m0/s1. The van der Waals surface area contributed by atoms with Gasteiger partial charge >= 0.3 is 6.03 Å². The molecule has 1 saturated carbocycles. The number of hydrogen-bond acceptors (Lipinski definition) is 4. The van der Waals surface area contributed by atoms with Crippen LogP contribution < -0.4 is 10.2 Å². The minimum atomic E-state index is -0.0434. The zero-order valence-corrected chi connectivity index (χ0v) is 19.3. The zero-order chi connectivity index (χ0) is 22.8. The third kappa shape index (κ3) is 4.00. The maximum Gasteiger partial charge on any atom is 0.322 e. The van der Waals surface area contributed by atoms with Crippen LogP contribution in [0.25, 0.3) is 11.4 Å². The van der Waals surface area contributed by atoms with Crippen molar-refractivity contribution < 1.29 is 4.79 Å². The fourth-order valence-corrected chi connectivity index (χ4v) is 5.61. The number of hydrogen-bond donors (Lipinski definition) is 1. The van der Waals surface area contributed by atoms with Crippen molar-refractivity contribution >= 4 is 11.7 Å². The molecule has 2 aromatic carbocycles. The molecule has 0 bridgehead atoms. The van der Waals surface area contributed by atoms with Gasteiger partial charge in [0.05, 0.1) is 30.2 Å². The molecule has 3 atom stereocenters. The average molecular weight is 442 g/mol. The van der Waals surface area contributed by atoms with Crippen LogP contribution in [0, 0.1) is 0 Å². The van der Waals surface area contributed by atoms with Gasteiger partial charge in [0.1, 0.15) is 0 Å². The average Bonchev–Trinajstić information content (AvgIpc) is 3.15. The van der Waals surface area contributed by atoms with Crippen molar-refractivity contribution in [2.75, 3.05) is 19.0 Å². The molecule has 1 unspecified atom stereocenters. The number of anilines is 1. The Labute approximate surface area is 195 Å². The minimum Gasteiger partial charge on any atom is -0.333 e. The predicted octanol–water partition coefficient (Wildman–Crippen LogP) is 4.83.